The molecule has 0 aromatic heterocycles. The Morgan fingerprint density at radius 2 is 1.65 bits per heavy atom. The van der Waals surface area contributed by atoms with Gasteiger partial charge >= 0.3 is 0 Å². The molecule has 2 aromatic carbocycles. The maximum Gasteiger partial charge on any atom is 0.234 e. The van der Waals surface area contributed by atoms with Crippen molar-refractivity contribution in [3.63, 3.8) is 0 Å². The van der Waals surface area contributed by atoms with Crippen LogP contribution in [0.15, 0.2) is 58.3 Å². The van der Waals surface area contributed by atoms with Gasteiger partial charge in [-0.3, -0.25) is 4.79 Å². The predicted octanol–water partition coefficient (Wildman–Crippen LogP) is 4.28. The molecule has 0 bridgehead atoms. The van der Waals surface area contributed by atoms with E-state index in [1.165, 1.54) is 23.9 Å². The van der Waals surface area contributed by atoms with Crippen molar-refractivity contribution < 1.29 is 9.18 Å². The molecule has 0 unspecified atom stereocenters. The number of nitrogens with one attached hydrogen (secondary N) is 1. The largest absolute Gasteiger partial charge is 0.325 e. The van der Waals surface area contributed by atoms with Crippen LogP contribution in [0.2, 0.25) is 0 Å². The Morgan fingerprint density at radius 3 is 2.25 bits per heavy atom. The number of thioether (sulfide) groups is 2. The molecule has 0 heterocycles. The molecule has 2 nitrogen and oxygen atoms in total. The highest BCUT2D eigenvalue weighted by Gasteiger charge is 2.04. The first-order valence-corrected chi connectivity index (χ1v) is 8.20. The molecule has 20 heavy (non-hydrogen) atoms. The Labute approximate surface area is 126 Å². The minimum absolute atomic E-state index is 0.0729. The molecular weight excluding hydrogens is 293 g/mol. The van der Waals surface area contributed by atoms with E-state index in [0.717, 1.165) is 15.5 Å². The van der Waals surface area contributed by atoms with Crippen molar-refractivity contribution in [3.05, 3.63) is 54.3 Å². The standard InChI is InChI=1S/C15H14FNOS2/c1-19-13-8-4-12(5-9-13)17-15(18)10-20-14-6-2-11(16)3-7-14/h2-9H,10H2,1H3,(H,17,18). The molecule has 0 fully saturated rings. The summed E-state index contributed by atoms with van der Waals surface area (Å²) in [6.45, 7) is 0. The number of rotatable bonds is 5. The number of hydrogen-bond donors (Lipinski definition) is 1. The minimum Gasteiger partial charge on any atom is -0.325 e. The fourth-order valence-corrected chi connectivity index (χ4v) is 2.66. The van der Waals surface area contributed by atoms with E-state index in [-0.39, 0.29) is 11.7 Å². The minimum atomic E-state index is -0.271. The first-order chi connectivity index (χ1) is 9.67. The second-order valence-corrected chi connectivity index (χ2v) is 5.95. The van der Waals surface area contributed by atoms with Gasteiger partial charge in [-0.25, -0.2) is 4.39 Å². The van der Waals surface area contributed by atoms with E-state index in [1.54, 1.807) is 23.9 Å². The summed E-state index contributed by atoms with van der Waals surface area (Å²) in [6.07, 6.45) is 2.01. The van der Waals surface area contributed by atoms with E-state index in [0.29, 0.717) is 5.75 Å². The summed E-state index contributed by atoms with van der Waals surface area (Å²) < 4.78 is 12.7. The molecule has 0 aliphatic carbocycles. The number of carbonyl (C=O) groups excluding carboxylic acids is 1. The molecular formula is C15H14FNOS2. The maximum absolute atomic E-state index is 12.7. The third-order valence-corrected chi connectivity index (χ3v) is 4.31. The zero-order valence-electron chi connectivity index (χ0n) is 10.9. The highest BCUT2D eigenvalue weighted by molar-refractivity contribution is 8.00. The molecule has 2 aromatic rings. The second kappa shape index (κ2) is 7.36. The summed E-state index contributed by atoms with van der Waals surface area (Å²) in [5.41, 5.74) is 0.785. The van der Waals surface area contributed by atoms with Gasteiger partial charge in [0.05, 0.1) is 5.75 Å². The van der Waals surface area contributed by atoms with Gasteiger partial charge in [0, 0.05) is 15.5 Å². The number of halogens is 1. The SMILES string of the molecule is CSc1ccc(NC(=O)CSc2ccc(F)cc2)cc1. The molecule has 0 aliphatic heterocycles. The average molecular weight is 307 g/mol. The summed E-state index contributed by atoms with van der Waals surface area (Å²) in [5, 5.41) is 2.83. The van der Waals surface area contributed by atoms with Gasteiger partial charge in [-0.05, 0) is 54.8 Å². The lowest BCUT2D eigenvalue weighted by molar-refractivity contribution is -0.113. The third kappa shape index (κ3) is 4.58. The fourth-order valence-electron chi connectivity index (χ4n) is 1.55. The molecule has 0 saturated heterocycles. The Balaban J connectivity index is 1.84. The molecule has 0 spiro atoms. The van der Waals surface area contributed by atoms with E-state index in [2.05, 4.69) is 5.32 Å². The van der Waals surface area contributed by atoms with Crippen LogP contribution in [0.4, 0.5) is 10.1 Å². The van der Waals surface area contributed by atoms with E-state index >= 15 is 0 Å². The van der Waals surface area contributed by atoms with Crippen LogP contribution in [-0.2, 0) is 4.79 Å². The van der Waals surface area contributed by atoms with Gasteiger partial charge in [0.2, 0.25) is 5.91 Å². The summed E-state index contributed by atoms with van der Waals surface area (Å²) in [7, 11) is 0. The Bertz CT molecular complexity index is 569. The van der Waals surface area contributed by atoms with Gasteiger partial charge in [-0.15, -0.1) is 23.5 Å². The fraction of sp³-hybridized carbons (Fsp3) is 0.133. The van der Waals surface area contributed by atoms with Crippen molar-refractivity contribution in [2.75, 3.05) is 17.3 Å². The number of benzene rings is 2. The lowest BCUT2D eigenvalue weighted by Gasteiger charge is -2.06. The molecule has 5 heteroatoms. The smallest absolute Gasteiger partial charge is 0.234 e. The topological polar surface area (TPSA) is 29.1 Å². The van der Waals surface area contributed by atoms with Crippen molar-refractivity contribution in [1.29, 1.82) is 0 Å². The number of carbonyl (C=O) groups is 1. The van der Waals surface area contributed by atoms with Gasteiger partial charge in [0.1, 0.15) is 5.82 Å². The third-order valence-electron chi connectivity index (χ3n) is 2.56. The summed E-state index contributed by atoms with van der Waals surface area (Å²) >= 11 is 3.04. The van der Waals surface area contributed by atoms with Crippen molar-refractivity contribution in [1.82, 2.24) is 0 Å². The molecule has 0 saturated carbocycles. The average Bonchev–Trinajstić information content (AvgIpc) is 2.47. The Kier molecular flexibility index (Phi) is 5.49. The monoisotopic (exact) mass is 307 g/mol. The van der Waals surface area contributed by atoms with Crippen molar-refractivity contribution in [2.45, 2.75) is 9.79 Å². The summed E-state index contributed by atoms with van der Waals surface area (Å²) in [6, 6.07) is 13.8. The molecule has 1 N–H and O–H groups in total. The first-order valence-electron chi connectivity index (χ1n) is 5.99. The van der Waals surface area contributed by atoms with Crippen molar-refractivity contribution in [3.8, 4) is 0 Å². The first kappa shape index (κ1) is 14.9. The van der Waals surface area contributed by atoms with Crippen molar-refractivity contribution >= 4 is 35.1 Å². The van der Waals surface area contributed by atoms with Crippen LogP contribution in [0.3, 0.4) is 0 Å². The van der Waals surface area contributed by atoms with Crippen LogP contribution < -0.4 is 5.32 Å². The lowest BCUT2D eigenvalue weighted by Crippen LogP contribution is -2.13. The maximum atomic E-state index is 12.7. The van der Waals surface area contributed by atoms with Gasteiger partial charge < -0.3 is 5.32 Å². The van der Waals surface area contributed by atoms with Gasteiger partial charge in [-0.1, -0.05) is 0 Å². The summed E-state index contributed by atoms with van der Waals surface area (Å²) in [4.78, 5) is 13.8. The highest BCUT2D eigenvalue weighted by Crippen LogP contribution is 2.20. The highest BCUT2D eigenvalue weighted by atomic mass is 32.2. The number of hydrogen-bond acceptors (Lipinski definition) is 3. The van der Waals surface area contributed by atoms with Gasteiger partial charge in [0.15, 0.2) is 0 Å². The summed E-state index contributed by atoms with van der Waals surface area (Å²) in [5.74, 6) is -0.0421. The normalized spacial score (nSPS) is 10.3. The molecule has 1 amide bonds. The second-order valence-electron chi connectivity index (χ2n) is 4.02. The van der Waals surface area contributed by atoms with Crippen molar-refractivity contribution in [2.24, 2.45) is 0 Å². The molecule has 104 valence electrons. The van der Waals surface area contributed by atoms with Gasteiger partial charge in [-0.2, -0.15) is 0 Å². The van der Waals surface area contributed by atoms with Crippen LogP contribution in [0.25, 0.3) is 0 Å². The van der Waals surface area contributed by atoms with Crippen LogP contribution in [0.1, 0.15) is 0 Å². The van der Waals surface area contributed by atoms with E-state index in [9.17, 15) is 9.18 Å². The van der Waals surface area contributed by atoms with E-state index in [4.69, 9.17) is 0 Å². The number of anilines is 1. The van der Waals surface area contributed by atoms with Gasteiger partial charge in [0.25, 0.3) is 0 Å². The van der Waals surface area contributed by atoms with Crippen LogP contribution >= 0.6 is 23.5 Å². The molecule has 2 rings (SSSR count). The van der Waals surface area contributed by atoms with E-state index in [1.807, 2.05) is 30.5 Å². The molecule has 0 aliphatic rings. The van der Waals surface area contributed by atoms with E-state index < -0.39 is 0 Å². The zero-order chi connectivity index (χ0) is 14.4. The van der Waals surface area contributed by atoms with Crippen LogP contribution in [-0.4, -0.2) is 17.9 Å². The Hall–Kier alpha value is -1.46. The number of amides is 1. The Morgan fingerprint density at radius 1 is 1.05 bits per heavy atom. The van der Waals surface area contributed by atoms with Crippen LogP contribution in [0.5, 0.6) is 0 Å². The lowest BCUT2D eigenvalue weighted by atomic mass is 10.3. The molecule has 0 atom stereocenters. The molecule has 0 radical (unpaired) electrons. The quantitative estimate of drug-likeness (QED) is 0.836. The van der Waals surface area contributed by atoms with Crippen LogP contribution in [0, 0.1) is 5.82 Å². The zero-order valence-corrected chi connectivity index (χ0v) is 12.6. The predicted molar refractivity (Wildman–Crippen MR) is 84.0 cm³/mol.